The largest absolute Gasteiger partial charge is 0.416 e. The van der Waals surface area contributed by atoms with Gasteiger partial charge in [-0.2, -0.15) is 18.3 Å². The molecule has 0 spiro atoms. The molecular formula is C15H15F3N4. The van der Waals surface area contributed by atoms with E-state index in [1.807, 2.05) is 0 Å². The summed E-state index contributed by atoms with van der Waals surface area (Å²) in [5.41, 5.74) is 0.752. The molecule has 2 rings (SSSR count). The number of anilines is 1. The highest BCUT2D eigenvalue weighted by Crippen LogP contribution is 2.33. The van der Waals surface area contributed by atoms with E-state index in [2.05, 4.69) is 10.1 Å². The molecule has 1 heterocycles. The summed E-state index contributed by atoms with van der Waals surface area (Å²) in [6.45, 7) is 0. The molecule has 0 fully saturated rings. The van der Waals surface area contributed by atoms with Gasteiger partial charge < -0.3 is 10.7 Å². The quantitative estimate of drug-likeness (QED) is 0.538. The van der Waals surface area contributed by atoms with Crippen molar-refractivity contribution in [2.24, 2.45) is 10.9 Å². The van der Waals surface area contributed by atoms with Gasteiger partial charge in [0, 0.05) is 19.7 Å². The van der Waals surface area contributed by atoms with E-state index in [4.69, 9.17) is 5.84 Å². The molecule has 0 radical (unpaired) electrons. The molecule has 0 atom stereocenters. The number of nitrogens with zero attached hydrogens (tertiary/aromatic N) is 3. The van der Waals surface area contributed by atoms with Crippen LogP contribution in [0, 0.1) is 0 Å². The maximum Gasteiger partial charge on any atom is 0.416 e. The Kier molecular flexibility index (Phi) is 4.35. The van der Waals surface area contributed by atoms with Crippen LogP contribution < -0.4 is 10.7 Å². The molecule has 0 saturated carbocycles. The molecule has 0 unspecified atom stereocenters. The standard InChI is InChI=1S/C15H15F3N4/c1-22(2)14-8-12(15(16,17)18)7-13(21-14)11-5-3-4-10(6-11)9-20-19/h3-9H,19H2,1-2H3. The van der Waals surface area contributed by atoms with Crippen LogP contribution in [0.15, 0.2) is 41.5 Å². The first kappa shape index (κ1) is 15.8. The van der Waals surface area contributed by atoms with Gasteiger partial charge in [0.15, 0.2) is 0 Å². The topological polar surface area (TPSA) is 54.5 Å². The maximum atomic E-state index is 13.0. The molecule has 0 bridgehead atoms. The normalized spacial score (nSPS) is 11.9. The lowest BCUT2D eigenvalue weighted by Gasteiger charge is -2.16. The van der Waals surface area contributed by atoms with Crippen molar-refractivity contribution in [2.75, 3.05) is 19.0 Å². The number of halogens is 3. The van der Waals surface area contributed by atoms with Crippen molar-refractivity contribution >= 4 is 12.0 Å². The molecule has 22 heavy (non-hydrogen) atoms. The first-order valence-electron chi connectivity index (χ1n) is 6.41. The first-order valence-corrected chi connectivity index (χ1v) is 6.41. The fraction of sp³-hybridized carbons (Fsp3) is 0.200. The fourth-order valence-electron chi connectivity index (χ4n) is 1.92. The smallest absolute Gasteiger partial charge is 0.363 e. The summed E-state index contributed by atoms with van der Waals surface area (Å²) >= 11 is 0. The average molecular weight is 308 g/mol. The summed E-state index contributed by atoms with van der Waals surface area (Å²) in [6, 6.07) is 8.89. The minimum Gasteiger partial charge on any atom is -0.363 e. The predicted molar refractivity (Wildman–Crippen MR) is 80.8 cm³/mol. The van der Waals surface area contributed by atoms with Gasteiger partial charge in [-0.3, -0.25) is 0 Å². The molecule has 116 valence electrons. The summed E-state index contributed by atoms with van der Waals surface area (Å²) in [4.78, 5) is 5.80. The number of hydrogen-bond acceptors (Lipinski definition) is 4. The Morgan fingerprint density at radius 2 is 1.91 bits per heavy atom. The molecule has 4 nitrogen and oxygen atoms in total. The van der Waals surface area contributed by atoms with E-state index in [0.29, 0.717) is 11.1 Å². The molecule has 0 amide bonds. The number of nitrogens with two attached hydrogens (primary N) is 1. The zero-order chi connectivity index (χ0) is 16.3. The van der Waals surface area contributed by atoms with Crippen LogP contribution in [0.3, 0.4) is 0 Å². The second-order valence-corrected chi connectivity index (χ2v) is 4.90. The van der Waals surface area contributed by atoms with E-state index in [1.54, 1.807) is 38.4 Å². The lowest BCUT2D eigenvalue weighted by molar-refractivity contribution is -0.137. The van der Waals surface area contributed by atoms with Crippen LogP contribution in [-0.2, 0) is 6.18 Å². The Labute approximate surface area is 126 Å². The maximum absolute atomic E-state index is 13.0. The average Bonchev–Trinajstić information content (AvgIpc) is 2.46. The van der Waals surface area contributed by atoms with Crippen LogP contribution in [0.25, 0.3) is 11.3 Å². The van der Waals surface area contributed by atoms with Crippen LogP contribution in [0.1, 0.15) is 11.1 Å². The molecule has 0 aliphatic rings. The van der Waals surface area contributed by atoms with Gasteiger partial charge in [-0.05, 0) is 23.8 Å². The molecule has 0 aliphatic carbocycles. The Morgan fingerprint density at radius 3 is 2.50 bits per heavy atom. The highest BCUT2D eigenvalue weighted by Gasteiger charge is 2.32. The van der Waals surface area contributed by atoms with Crippen molar-refractivity contribution in [3.8, 4) is 11.3 Å². The van der Waals surface area contributed by atoms with Crippen LogP contribution in [0.5, 0.6) is 0 Å². The van der Waals surface area contributed by atoms with Gasteiger partial charge in [0.1, 0.15) is 5.82 Å². The van der Waals surface area contributed by atoms with Crippen molar-refractivity contribution in [1.29, 1.82) is 0 Å². The van der Waals surface area contributed by atoms with Crippen molar-refractivity contribution < 1.29 is 13.2 Å². The number of pyridine rings is 1. The third-order valence-electron chi connectivity index (χ3n) is 3.00. The van der Waals surface area contributed by atoms with E-state index in [9.17, 15) is 13.2 Å². The molecule has 0 aliphatic heterocycles. The number of rotatable bonds is 3. The highest BCUT2D eigenvalue weighted by molar-refractivity contribution is 5.82. The van der Waals surface area contributed by atoms with E-state index >= 15 is 0 Å². The summed E-state index contributed by atoms with van der Waals surface area (Å²) in [5.74, 6) is 5.33. The van der Waals surface area contributed by atoms with Gasteiger partial charge in [-0.1, -0.05) is 18.2 Å². The van der Waals surface area contributed by atoms with Gasteiger partial charge in [0.05, 0.1) is 17.5 Å². The molecule has 0 saturated heterocycles. The summed E-state index contributed by atoms with van der Waals surface area (Å²) in [7, 11) is 3.29. The van der Waals surface area contributed by atoms with Crippen molar-refractivity contribution in [2.45, 2.75) is 6.18 Å². The van der Waals surface area contributed by atoms with Crippen LogP contribution in [0.2, 0.25) is 0 Å². The van der Waals surface area contributed by atoms with E-state index < -0.39 is 11.7 Å². The molecule has 2 N–H and O–H groups in total. The Balaban J connectivity index is 2.59. The van der Waals surface area contributed by atoms with Gasteiger partial charge in [0.25, 0.3) is 0 Å². The Morgan fingerprint density at radius 1 is 1.18 bits per heavy atom. The molecule has 7 heteroatoms. The SMILES string of the molecule is CN(C)c1cc(C(F)(F)F)cc(-c2cccc(C=NN)c2)n1. The van der Waals surface area contributed by atoms with Crippen molar-refractivity contribution in [3.63, 3.8) is 0 Å². The minimum atomic E-state index is -4.43. The lowest BCUT2D eigenvalue weighted by atomic mass is 10.1. The van der Waals surface area contributed by atoms with Gasteiger partial charge in [0.2, 0.25) is 0 Å². The van der Waals surface area contributed by atoms with Gasteiger partial charge in [-0.15, -0.1) is 0 Å². The Bertz CT molecular complexity index is 693. The zero-order valence-electron chi connectivity index (χ0n) is 12.1. The van der Waals surface area contributed by atoms with E-state index in [1.165, 1.54) is 11.1 Å². The zero-order valence-corrected chi connectivity index (χ0v) is 12.1. The van der Waals surface area contributed by atoms with Crippen molar-refractivity contribution in [3.05, 3.63) is 47.5 Å². The molecular weight excluding hydrogens is 293 g/mol. The molecule has 2 aromatic rings. The number of aromatic nitrogens is 1. The molecule has 1 aromatic carbocycles. The van der Waals surface area contributed by atoms with Gasteiger partial charge >= 0.3 is 6.18 Å². The number of alkyl halides is 3. The minimum absolute atomic E-state index is 0.239. The number of benzene rings is 1. The Hall–Kier alpha value is -2.57. The van der Waals surface area contributed by atoms with Gasteiger partial charge in [-0.25, -0.2) is 4.98 Å². The summed E-state index contributed by atoms with van der Waals surface area (Å²) in [6.07, 6.45) is -3.01. The van der Waals surface area contributed by atoms with Crippen LogP contribution in [-0.4, -0.2) is 25.3 Å². The lowest BCUT2D eigenvalue weighted by Crippen LogP contribution is -2.14. The monoisotopic (exact) mass is 308 g/mol. The third-order valence-corrected chi connectivity index (χ3v) is 3.00. The van der Waals surface area contributed by atoms with Crippen LogP contribution >= 0.6 is 0 Å². The highest BCUT2D eigenvalue weighted by atomic mass is 19.4. The summed E-state index contributed by atoms with van der Waals surface area (Å²) in [5, 5.41) is 3.41. The summed E-state index contributed by atoms with van der Waals surface area (Å²) < 4.78 is 39.1. The second kappa shape index (κ2) is 6.05. The van der Waals surface area contributed by atoms with Crippen LogP contribution in [0.4, 0.5) is 19.0 Å². The number of hydrazone groups is 1. The number of hydrogen-bond donors (Lipinski definition) is 1. The fourth-order valence-corrected chi connectivity index (χ4v) is 1.92. The predicted octanol–water partition coefficient (Wildman–Crippen LogP) is 3.13. The van der Waals surface area contributed by atoms with E-state index in [-0.39, 0.29) is 11.5 Å². The third kappa shape index (κ3) is 3.55. The second-order valence-electron chi connectivity index (χ2n) is 4.90. The molecule has 1 aromatic heterocycles. The first-order chi connectivity index (χ1) is 10.3. The van der Waals surface area contributed by atoms with E-state index in [0.717, 1.165) is 12.1 Å². The van der Waals surface area contributed by atoms with Crippen molar-refractivity contribution in [1.82, 2.24) is 4.98 Å².